The van der Waals surface area contributed by atoms with Gasteiger partial charge in [-0.1, -0.05) is 94.5 Å². The van der Waals surface area contributed by atoms with Crippen LogP contribution in [0.25, 0.3) is 0 Å². The highest BCUT2D eigenvalue weighted by Crippen LogP contribution is 2.52. The molecular formula is C28H44O2. The van der Waals surface area contributed by atoms with Crippen LogP contribution in [0.1, 0.15) is 114 Å². The summed E-state index contributed by atoms with van der Waals surface area (Å²) in [6.45, 7) is 4.45. The quantitative estimate of drug-likeness (QED) is 0.394. The number of hydrogen-bond donors (Lipinski definition) is 1. The third-order valence-corrected chi connectivity index (χ3v) is 8.45. The Morgan fingerprint density at radius 1 is 0.900 bits per heavy atom. The normalized spacial score (nSPS) is 29.6. The van der Waals surface area contributed by atoms with E-state index in [4.69, 9.17) is 0 Å². The van der Waals surface area contributed by atoms with Crippen LogP contribution in [0.5, 0.6) is 0 Å². The molecular weight excluding hydrogens is 368 g/mol. The van der Waals surface area contributed by atoms with Crippen molar-refractivity contribution in [1.82, 2.24) is 0 Å². The molecule has 2 heteroatoms. The Kier molecular flexibility index (Phi) is 8.84. The fourth-order valence-electron chi connectivity index (χ4n) is 6.42. The van der Waals surface area contributed by atoms with E-state index in [0.29, 0.717) is 0 Å². The summed E-state index contributed by atoms with van der Waals surface area (Å²) in [5.74, 6) is 0.941. The smallest absolute Gasteiger partial charge is 0.306 e. The highest BCUT2D eigenvalue weighted by molar-refractivity contribution is 5.70. The van der Waals surface area contributed by atoms with E-state index in [1.807, 2.05) is 0 Å². The molecule has 0 unspecified atom stereocenters. The summed E-state index contributed by atoms with van der Waals surface area (Å²) >= 11 is 0. The first-order valence-corrected chi connectivity index (χ1v) is 12.8. The van der Waals surface area contributed by atoms with E-state index < -0.39 is 5.97 Å². The van der Waals surface area contributed by atoms with Crippen molar-refractivity contribution in [2.24, 2.45) is 17.8 Å². The van der Waals surface area contributed by atoms with Crippen LogP contribution in [-0.2, 0) is 10.2 Å². The highest BCUT2D eigenvalue weighted by atomic mass is 16.4. The second-order valence-electron chi connectivity index (χ2n) is 10.4. The van der Waals surface area contributed by atoms with Crippen molar-refractivity contribution in [3.63, 3.8) is 0 Å². The molecule has 2 nitrogen and oxygen atoms in total. The van der Waals surface area contributed by atoms with E-state index in [0.717, 1.165) is 37.5 Å². The standard InChI is InChI=1S/C28H44O2/c1-3-4-5-6-7-8-9-23-12-16-26(17-13-23)28(25-14-10-22(2)11-15-25)20-18-24(19-21-28)27(29)30/h10-11,14-15,23-24,26H,3-9,12-13,16-21H2,1-2H3,(H,29,30). The summed E-state index contributed by atoms with van der Waals surface area (Å²) in [7, 11) is 0. The lowest BCUT2D eigenvalue weighted by Gasteiger charge is -2.48. The van der Waals surface area contributed by atoms with Crippen LogP contribution in [0.4, 0.5) is 0 Å². The lowest BCUT2D eigenvalue weighted by Crippen LogP contribution is -2.42. The van der Waals surface area contributed by atoms with Crippen LogP contribution >= 0.6 is 0 Å². The summed E-state index contributed by atoms with van der Waals surface area (Å²) in [6.07, 6.45) is 19.1. The Labute approximate surface area is 184 Å². The van der Waals surface area contributed by atoms with Crippen molar-refractivity contribution in [2.75, 3.05) is 0 Å². The lowest BCUT2D eigenvalue weighted by atomic mass is 9.56. The number of unbranched alkanes of at least 4 members (excludes halogenated alkanes) is 5. The first-order chi connectivity index (χ1) is 14.5. The molecule has 1 N–H and O–H groups in total. The molecule has 30 heavy (non-hydrogen) atoms. The first kappa shape index (κ1) is 23.4. The van der Waals surface area contributed by atoms with Gasteiger partial charge in [0, 0.05) is 0 Å². The molecule has 1 aromatic carbocycles. The Morgan fingerprint density at radius 3 is 2.10 bits per heavy atom. The SMILES string of the molecule is CCCCCCCCC1CCC(C2(c3ccc(C)cc3)CCC(C(=O)O)CC2)CC1. The Hall–Kier alpha value is -1.31. The minimum absolute atomic E-state index is 0.132. The molecule has 0 bridgehead atoms. The van der Waals surface area contributed by atoms with Crippen LogP contribution in [0.15, 0.2) is 24.3 Å². The van der Waals surface area contributed by atoms with Crippen molar-refractivity contribution in [2.45, 2.75) is 116 Å². The summed E-state index contributed by atoms with van der Waals surface area (Å²) in [5.41, 5.74) is 3.01. The van der Waals surface area contributed by atoms with Crippen molar-refractivity contribution < 1.29 is 9.90 Å². The second-order valence-corrected chi connectivity index (χ2v) is 10.4. The van der Waals surface area contributed by atoms with E-state index in [-0.39, 0.29) is 11.3 Å². The van der Waals surface area contributed by atoms with E-state index in [1.54, 1.807) is 0 Å². The van der Waals surface area contributed by atoms with Crippen LogP contribution in [-0.4, -0.2) is 11.1 Å². The molecule has 0 aromatic heterocycles. The molecule has 3 rings (SSSR count). The monoisotopic (exact) mass is 412 g/mol. The molecule has 0 aliphatic heterocycles. The average Bonchev–Trinajstić information content (AvgIpc) is 2.77. The van der Waals surface area contributed by atoms with Gasteiger partial charge in [0.25, 0.3) is 0 Å². The van der Waals surface area contributed by atoms with Gasteiger partial charge in [0.05, 0.1) is 5.92 Å². The van der Waals surface area contributed by atoms with Gasteiger partial charge in [0.2, 0.25) is 0 Å². The summed E-state index contributed by atoms with van der Waals surface area (Å²) in [5, 5.41) is 9.51. The van der Waals surface area contributed by atoms with Crippen molar-refractivity contribution >= 4 is 5.97 Å². The number of carbonyl (C=O) groups is 1. The predicted octanol–water partition coefficient (Wildman–Crippen LogP) is 8.06. The zero-order chi connectivity index (χ0) is 21.4. The van der Waals surface area contributed by atoms with Crippen molar-refractivity contribution in [3.8, 4) is 0 Å². The molecule has 0 saturated heterocycles. The number of rotatable bonds is 10. The van der Waals surface area contributed by atoms with E-state index in [1.165, 1.54) is 81.8 Å². The Bertz CT molecular complexity index is 631. The maximum Gasteiger partial charge on any atom is 0.306 e. The number of aryl methyl sites for hydroxylation is 1. The van der Waals surface area contributed by atoms with E-state index in [2.05, 4.69) is 38.1 Å². The summed E-state index contributed by atoms with van der Waals surface area (Å²) in [4.78, 5) is 11.5. The third-order valence-electron chi connectivity index (χ3n) is 8.45. The van der Waals surface area contributed by atoms with Crippen LogP contribution in [0.2, 0.25) is 0 Å². The predicted molar refractivity (Wildman–Crippen MR) is 126 cm³/mol. The van der Waals surface area contributed by atoms with Crippen LogP contribution in [0.3, 0.4) is 0 Å². The highest BCUT2D eigenvalue weighted by Gasteiger charge is 2.45. The van der Waals surface area contributed by atoms with Gasteiger partial charge in [-0.2, -0.15) is 0 Å². The summed E-state index contributed by atoms with van der Waals surface area (Å²) < 4.78 is 0. The minimum atomic E-state index is -0.588. The van der Waals surface area contributed by atoms with Crippen molar-refractivity contribution in [1.29, 1.82) is 0 Å². The maximum absolute atomic E-state index is 11.5. The Morgan fingerprint density at radius 2 is 1.50 bits per heavy atom. The largest absolute Gasteiger partial charge is 0.481 e. The first-order valence-electron chi connectivity index (χ1n) is 12.8. The number of hydrogen-bond acceptors (Lipinski definition) is 1. The lowest BCUT2D eigenvalue weighted by molar-refractivity contribution is -0.143. The maximum atomic E-state index is 11.5. The molecule has 0 radical (unpaired) electrons. The number of carboxylic acids is 1. The van der Waals surface area contributed by atoms with Gasteiger partial charge in [-0.15, -0.1) is 0 Å². The third kappa shape index (κ3) is 5.89. The molecule has 0 amide bonds. The molecule has 1 aromatic rings. The molecule has 2 fully saturated rings. The van der Waals surface area contributed by atoms with E-state index >= 15 is 0 Å². The minimum Gasteiger partial charge on any atom is -0.481 e. The topological polar surface area (TPSA) is 37.3 Å². The van der Waals surface area contributed by atoms with Crippen LogP contribution < -0.4 is 0 Å². The van der Waals surface area contributed by atoms with Gasteiger partial charge in [-0.05, 0) is 68.3 Å². The number of aliphatic carboxylic acids is 1. The van der Waals surface area contributed by atoms with Gasteiger partial charge in [-0.25, -0.2) is 0 Å². The second kappa shape index (κ2) is 11.3. The molecule has 2 aliphatic carbocycles. The molecule has 168 valence electrons. The van der Waals surface area contributed by atoms with Crippen LogP contribution in [0, 0.1) is 24.7 Å². The molecule has 0 heterocycles. The molecule has 0 spiro atoms. The average molecular weight is 413 g/mol. The fourth-order valence-corrected chi connectivity index (χ4v) is 6.42. The number of carboxylic acid groups (broad SMARTS) is 1. The zero-order valence-electron chi connectivity index (χ0n) is 19.5. The van der Waals surface area contributed by atoms with Gasteiger partial charge in [-0.3, -0.25) is 4.79 Å². The summed E-state index contributed by atoms with van der Waals surface area (Å²) in [6, 6.07) is 9.20. The molecule has 0 atom stereocenters. The van der Waals surface area contributed by atoms with E-state index in [9.17, 15) is 9.90 Å². The van der Waals surface area contributed by atoms with Crippen molar-refractivity contribution in [3.05, 3.63) is 35.4 Å². The molecule has 2 aliphatic rings. The van der Waals surface area contributed by atoms with Gasteiger partial charge >= 0.3 is 5.97 Å². The fraction of sp³-hybridized carbons (Fsp3) is 0.750. The number of benzene rings is 1. The van der Waals surface area contributed by atoms with Gasteiger partial charge in [0.15, 0.2) is 0 Å². The molecule has 2 saturated carbocycles. The van der Waals surface area contributed by atoms with Gasteiger partial charge in [0.1, 0.15) is 0 Å². The van der Waals surface area contributed by atoms with Gasteiger partial charge < -0.3 is 5.11 Å². The zero-order valence-corrected chi connectivity index (χ0v) is 19.5. The Balaban J connectivity index is 1.58.